The minimum absolute atomic E-state index is 0.259. The highest BCUT2D eigenvalue weighted by Gasteiger charge is 2.35. The van der Waals surface area contributed by atoms with Crippen molar-refractivity contribution < 1.29 is 9.50 Å². The van der Waals surface area contributed by atoms with Gasteiger partial charge in [0.05, 0.1) is 12.2 Å². The lowest BCUT2D eigenvalue weighted by atomic mass is 9.83. The Balaban J connectivity index is 1.76. The van der Waals surface area contributed by atoms with E-state index < -0.39 is 5.43 Å². The van der Waals surface area contributed by atoms with Crippen LogP contribution in [0.15, 0.2) is 71.9 Å². The van der Waals surface area contributed by atoms with Gasteiger partial charge in [-0.25, -0.2) is 9.37 Å². The van der Waals surface area contributed by atoms with Crippen LogP contribution in [0.2, 0.25) is 0 Å². The topological polar surface area (TPSA) is 72.9 Å². The average Bonchev–Trinajstić information content (AvgIpc) is 3.20. The molecule has 4 aromatic rings. The fourth-order valence-electron chi connectivity index (χ4n) is 4.23. The number of halogens is 1. The molecular weight excluding hydrogens is 383 g/mol. The molecular formula is C23H19FN4O2. The molecule has 0 fully saturated rings. The zero-order valence-electron chi connectivity index (χ0n) is 16.2. The Kier molecular flexibility index (Phi) is 4.24. The Hall–Kier alpha value is -3.74. The summed E-state index contributed by atoms with van der Waals surface area (Å²) in [5.41, 5.74) is 2.62. The quantitative estimate of drug-likeness (QED) is 0.568. The van der Waals surface area contributed by atoms with Gasteiger partial charge in [-0.2, -0.15) is 5.10 Å². The number of imidazole rings is 1. The van der Waals surface area contributed by atoms with E-state index >= 15 is 0 Å². The van der Waals surface area contributed by atoms with Gasteiger partial charge >= 0.3 is 0 Å². The first kappa shape index (κ1) is 18.3. The number of nitrogens with zero attached hydrogens (tertiary/aromatic N) is 4. The first-order valence-electron chi connectivity index (χ1n) is 9.67. The second-order valence-electron chi connectivity index (χ2n) is 7.56. The average molecular weight is 402 g/mol. The summed E-state index contributed by atoms with van der Waals surface area (Å²) in [5, 5.41) is 14.9. The van der Waals surface area contributed by atoms with E-state index in [0.717, 1.165) is 22.9 Å². The summed E-state index contributed by atoms with van der Waals surface area (Å²) in [4.78, 5) is 16.4. The maximum Gasteiger partial charge on any atom is 0.242 e. The van der Waals surface area contributed by atoms with Crippen LogP contribution in [0.1, 0.15) is 28.7 Å². The van der Waals surface area contributed by atoms with Gasteiger partial charge in [-0.15, -0.1) is 0 Å². The Morgan fingerprint density at radius 2 is 1.97 bits per heavy atom. The summed E-state index contributed by atoms with van der Waals surface area (Å²) < 4.78 is 17.7. The summed E-state index contributed by atoms with van der Waals surface area (Å²) in [5.74, 6) is -0.482. The zero-order chi connectivity index (χ0) is 20.8. The van der Waals surface area contributed by atoms with Gasteiger partial charge in [0.1, 0.15) is 11.5 Å². The Morgan fingerprint density at radius 1 is 1.17 bits per heavy atom. The zero-order valence-corrected chi connectivity index (χ0v) is 16.2. The van der Waals surface area contributed by atoms with Crippen LogP contribution in [-0.2, 0) is 6.54 Å². The van der Waals surface area contributed by atoms with E-state index in [4.69, 9.17) is 0 Å². The lowest BCUT2D eigenvalue weighted by Gasteiger charge is -2.34. The molecule has 1 aliphatic heterocycles. The van der Waals surface area contributed by atoms with Gasteiger partial charge in [-0.05, 0) is 30.2 Å². The number of aromatic nitrogens is 4. The van der Waals surface area contributed by atoms with Gasteiger partial charge in [0.15, 0.2) is 11.6 Å². The summed E-state index contributed by atoms with van der Waals surface area (Å²) >= 11 is 0. The third-order valence-corrected chi connectivity index (χ3v) is 5.64. The van der Waals surface area contributed by atoms with E-state index in [-0.39, 0.29) is 29.2 Å². The number of fused-ring (bicyclic) bond motifs is 3. The van der Waals surface area contributed by atoms with Crippen molar-refractivity contribution in [3.05, 3.63) is 99.9 Å². The molecule has 30 heavy (non-hydrogen) atoms. The molecule has 2 atom stereocenters. The minimum atomic E-state index is -0.561. The molecule has 0 aliphatic carbocycles. The van der Waals surface area contributed by atoms with E-state index in [1.165, 1.54) is 12.1 Å². The molecule has 0 amide bonds. The number of rotatable bonds is 3. The van der Waals surface area contributed by atoms with Gasteiger partial charge < -0.3 is 9.67 Å². The fourth-order valence-corrected chi connectivity index (χ4v) is 4.23. The van der Waals surface area contributed by atoms with Crippen LogP contribution in [0, 0.1) is 12.7 Å². The second kappa shape index (κ2) is 6.95. The molecule has 6 nitrogen and oxygen atoms in total. The van der Waals surface area contributed by atoms with Crippen LogP contribution in [0.3, 0.4) is 0 Å². The number of aryl methyl sites for hydroxylation is 1. The minimum Gasteiger partial charge on any atom is -0.503 e. The highest BCUT2D eigenvalue weighted by Crippen LogP contribution is 2.42. The summed E-state index contributed by atoms with van der Waals surface area (Å²) in [6.45, 7) is 2.52. The number of hydrogen-bond donors (Lipinski definition) is 1. The van der Waals surface area contributed by atoms with E-state index in [0.29, 0.717) is 12.4 Å². The lowest BCUT2D eigenvalue weighted by Crippen LogP contribution is -2.32. The Labute approximate surface area is 171 Å². The van der Waals surface area contributed by atoms with E-state index in [1.807, 2.05) is 41.8 Å². The summed E-state index contributed by atoms with van der Waals surface area (Å²) in [6.07, 6.45) is 4.55. The SMILES string of the molecule is Cc1ccc([C@@H](c2cccc(F)c2)[C@H]2Cn3ccnc3-c3c(O)c(=O)cnn32)cc1. The van der Waals surface area contributed by atoms with Crippen molar-refractivity contribution >= 4 is 0 Å². The fraction of sp³-hybridized carbons (Fsp3) is 0.174. The molecule has 5 rings (SSSR count). The largest absolute Gasteiger partial charge is 0.503 e. The number of hydrogen-bond acceptors (Lipinski definition) is 4. The van der Waals surface area contributed by atoms with Crippen LogP contribution in [0.5, 0.6) is 5.75 Å². The normalized spacial score (nSPS) is 16.0. The van der Waals surface area contributed by atoms with Crippen LogP contribution in [0.25, 0.3) is 11.5 Å². The van der Waals surface area contributed by atoms with E-state index in [2.05, 4.69) is 10.1 Å². The molecule has 0 bridgehead atoms. The molecule has 0 unspecified atom stereocenters. The standard InChI is InChI=1S/C23H19FN4O2/c1-14-5-7-15(8-6-14)20(16-3-2-4-17(24)11-16)18-13-27-10-9-25-23(27)21-22(30)19(29)12-26-28(18)21/h2-12,18,20,30H,13H2,1H3/t18-,20+/m1/s1. The van der Waals surface area contributed by atoms with Gasteiger partial charge in [0.2, 0.25) is 5.43 Å². The highest BCUT2D eigenvalue weighted by atomic mass is 19.1. The first-order valence-corrected chi connectivity index (χ1v) is 9.67. The monoisotopic (exact) mass is 402 g/mol. The van der Waals surface area contributed by atoms with Crippen molar-refractivity contribution in [3.8, 4) is 17.3 Å². The Bertz CT molecular complexity index is 1290. The van der Waals surface area contributed by atoms with Gasteiger partial charge in [0, 0.05) is 24.9 Å². The molecule has 2 aromatic carbocycles. The molecule has 0 saturated carbocycles. The molecule has 1 N–H and O–H groups in total. The first-order chi connectivity index (χ1) is 14.5. The van der Waals surface area contributed by atoms with Crippen molar-refractivity contribution in [2.45, 2.75) is 25.4 Å². The molecule has 0 saturated heterocycles. The molecule has 0 spiro atoms. The van der Waals surface area contributed by atoms with Crippen molar-refractivity contribution in [3.63, 3.8) is 0 Å². The molecule has 1 aliphatic rings. The molecule has 0 radical (unpaired) electrons. The number of benzene rings is 2. The van der Waals surface area contributed by atoms with Gasteiger partial charge in [0.25, 0.3) is 0 Å². The molecule has 2 aromatic heterocycles. The maximum atomic E-state index is 14.2. The van der Waals surface area contributed by atoms with Crippen molar-refractivity contribution in [1.82, 2.24) is 19.3 Å². The van der Waals surface area contributed by atoms with Crippen LogP contribution in [0.4, 0.5) is 4.39 Å². The number of aromatic hydroxyl groups is 1. The molecule has 150 valence electrons. The summed E-state index contributed by atoms with van der Waals surface area (Å²) in [6, 6.07) is 14.3. The predicted octanol–water partition coefficient (Wildman–Crippen LogP) is 3.65. The predicted molar refractivity (Wildman–Crippen MR) is 110 cm³/mol. The second-order valence-corrected chi connectivity index (χ2v) is 7.56. The molecule has 7 heteroatoms. The van der Waals surface area contributed by atoms with Crippen molar-refractivity contribution in [2.24, 2.45) is 0 Å². The molecule has 3 heterocycles. The van der Waals surface area contributed by atoms with Crippen LogP contribution >= 0.6 is 0 Å². The van der Waals surface area contributed by atoms with Gasteiger partial charge in [-0.3, -0.25) is 9.48 Å². The van der Waals surface area contributed by atoms with Crippen molar-refractivity contribution in [1.29, 1.82) is 0 Å². The maximum absolute atomic E-state index is 14.2. The smallest absolute Gasteiger partial charge is 0.242 e. The van der Waals surface area contributed by atoms with Crippen LogP contribution in [-0.4, -0.2) is 24.4 Å². The third-order valence-electron chi connectivity index (χ3n) is 5.64. The van der Waals surface area contributed by atoms with Crippen LogP contribution < -0.4 is 5.43 Å². The third kappa shape index (κ3) is 2.90. The van der Waals surface area contributed by atoms with E-state index in [9.17, 15) is 14.3 Å². The van der Waals surface area contributed by atoms with E-state index in [1.54, 1.807) is 23.1 Å². The summed E-state index contributed by atoms with van der Waals surface area (Å²) in [7, 11) is 0. The van der Waals surface area contributed by atoms with Crippen molar-refractivity contribution in [2.75, 3.05) is 0 Å². The lowest BCUT2D eigenvalue weighted by molar-refractivity contribution is 0.331. The highest BCUT2D eigenvalue weighted by molar-refractivity contribution is 5.60. The Morgan fingerprint density at radius 3 is 2.73 bits per heavy atom. The van der Waals surface area contributed by atoms with Gasteiger partial charge in [-0.1, -0.05) is 42.0 Å².